The minimum absolute atomic E-state index is 0.0148. The Labute approximate surface area is 198 Å². The van der Waals surface area contributed by atoms with Gasteiger partial charge in [-0.1, -0.05) is 30.3 Å². The maximum atomic E-state index is 13.9. The van der Waals surface area contributed by atoms with E-state index in [4.69, 9.17) is 9.47 Å². The van der Waals surface area contributed by atoms with Crippen LogP contribution >= 0.6 is 0 Å². The van der Waals surface area contributed by atoms with Crippen LogP contribution in [0.5, 0.6) is 11.5 Å². The van der Waals surface area contributed by atoms with E-state index in [-0.39, 0.29) is 37.4 Å². The van der Waals surface area contributed by atoms with E-state index < -0.39 is 39.1 Å². The molecule has 0 radical (unpaired) electrons. The Balaban J connectivity index is 2.19. The number of hydrogen-bond acceptors (Lipinski definition) is 5. The number of carboxylic acids is 1. The van der Waals surface area contributed by atoms with Crippen LogP contribution in [-0.2, 0) is 21.0 Å². The number of nitrogens with zero attached hydrogens (tertiary/aromatic N) is 1. The number of sulfonamides is 1. The van der Waals surface area contributed by atoms with Crippen molar-refractivity contribution in [3.05, 3.63) is 89.1 Å². The van der Waals surface area contributed by atoms with Crippen LogP contribution in [0.15, 0.2) is 77.3 Å². The van der Waals surface area contributed by atoms with Crippen molar-refractivity contribution in [1.82, 2.24) is 0 Å². The number of hydrogen-bond donors (Lipinski definition) is 1. The first-order valence-corrected chi connectivity index (χ1v) is 11.5. The number of carbonyl (C=O) groups is 1. The monoisotopic (exact) mass is 505 g/mol. The summed E-state index contributed by atoms with van der Waals surface area (Å²) in [6.45, 7) is 0. The number of methoxy groups -OCH3 is 2. The number of rotatable bonds is 5. The Morgan fingerprint density at radius 3 is 2.06 bits per heavy atom. The fraction of sp³-hybridized carbons (Fsp3) is 0.125. The minimum atomic E-state index is -4.95. The van der Waals surface area contributed by atoms with E-state index in [1.165, 1.54) is 62.8 Å². The molecule has 0 fully saturated rings. The van der Waals surface area contributed by atoms with Crippen LogP contribution in [0, 0.1) is 0 Å². The summed E-state index contributed by atoms with van der Waals surface area (Å²) in [6, 6.07) is 13.8. The number of alkyl halides is 3. The summed E-state index contributed by atoms with van der Waals surface area (Å²) < 4.78 is 79.7. The lowest BCUT2D eigenvalue weighted by molar-refractivity contribution is -0.137. The molecule has 182 valence electrons. The molecule has 1 heterocycles. The summed E-state index contributed by atoms with van der Waals surface area (Å²) in [6.07, 6.45) is -4.95. The second kappa shape index (κ2) is 8.66. The molecule has 1 aliphatic heterocycles. The molecule has 0 bridgehead atoms. The van der Waals surface area contributed by atoms with E-state index in [1.54, 1.807) is 0 Å². The average Bonchev–Trinajstić information content (AvgIpc) is 2.82. The normalized spacial score (nSPS) is 14.9. The summed E-state index contributed by atoms with van der Waals surface area (Å²) in [7, 11) is -2.01. The Morgan fingerprint density at radius 1 is 0.914 bits per heavy atom. The standard InChI is InChI=1S/C24H18F3NO6S/c1-33-15-11-14(12-16(13-15)34-2)21-17-7-3-6-10-20(17)35(31,32)28(22(21)23(29)30)19-9-5-4-8-18(19)24(25,26)27/h3-13H,1-2H3,(H,29,30). The third kappa shape index (κ3) is 4.08. The molecule has 0 amide bonds. The molecule has 1 N–H and O–H groups in total. The largest absolute Gasteiger partial charge is 0.497 e. The highest BCUT2D eigenvalue weighted by molar-refractivity contribution is 7.93. The first-order chi connectivity index (χ1) is 16.5. The third-order valence-corrected chi connectivity index (χ3v) is 7.16. The van der Waals surface area contributed by atoms with Crippen LogP contribution in [0.4, 0.5) is 18.9 Å². The van der Waals surface area contributed by atoms with Crippen molar-refractivity contribution < 1.29 is 41.0 Å². The Morgan fingerprint density at radius 2 is 1.49 bits per heavy atom. The van der Waals surface area contributed by atoms with Gasteiger partial charge in [-0.3, -0.25) is 0 Å². The second-order valence-corrected chi connectivity index (χ2v) is 9.17. The van der Waals surface area contributed by atoms with Crippen LogP contribution in [-0.4, -0.2) is 33.7 Å². The number of ether oxygens (including phenoxy) is 2. The van der Waals surface area contributed by atoms with Gasteiger partial charge >= 0.3 is 12.1 Å². The lowest BCUT2D eigenvalue weighted by atomic mass is 9.94. The van der Waals surface area contributed by atoms with Crippen LogP contribution < -0.4 is 13.8 Å². The molecule has 1 aliphatic rings. The molecule has 11 heteroatoms. The highest BCUT2D eigenvalue weighted by atomic mass is 32.2. The summed E-state index contributed by atoms with van der Waals surface area (Å²) >= 11 is 0. The minimum Gasteiger partial charge on any atom is -0.497 e. The fourth-order valence-electron chi connectivity index (χ4n) is 3.92. The van der Waals surface area contributed by atoms with Gasteiger partial charge in [-0.15, -0.1) is 0 Å². The zero-order valence-electron chi connectivity index (χ0n) is 18.3. The Kier molecular flexibility index (Phi) is 5.97. The van der Waals surface area contributed by atoms with Gasteiger partial charge in [0.25, 0.3) is 10.0 Å². The van der Waals surface area contributed by atoms with Gasteiger partial charge in [0.1, 0.15) is 11.5 Å². The second-order valence-electron chi connectivity index (χ2n) is 7.41. The van der Waals surface area contributed by atoms with Crippen molar-refractivity contribution >= 4 is 27.3 Å². The molecular weight excluding hydrogens is 487 g/mol. The molecule has 4 rings (SSSR count). The SMILES string of the molecule is COc1cc(OC)cc(C2=C(C(=O)O)N(c3ccccc3C(F)(F)F)S(=O)(=O)c3ccccc32)c1. The van der Waals surface area contributed by atoms with Crippen LogP contribution in [0.2, 0.25) is 0 Å². The molecule has 7 nitrogen and oxygen atoms in total. The number of carboxylic acid groups (broad SMARTS) is 1. The number of fused-ring (bicyclic) bond motifs is 1. The zero-order chi connectivity index (χ0) is 25.5. The van der Waals surface area contributed by atoms with E-state index in [0.717, 1.165) is 12.1 Å². The van der Waals surface area contributed by atoms with Crippen molar-refractivity contribution in [1.29, 1.82) is 0 Å². The molecular formula is C24H18F3NO6S. The third-order valence-electron chi connectivity index (χ3n) is 5.39. The molecule has 3 aromatic carbocycles. The lowest BCUT2D eigenvalue weighted by Crippen LogP contribution is -2.39. The van der Waals surface area contributed by atoms with Gasteiger partial charge < -0.3 is 14.6 Å². The first kappa shape index (κ1) is 24.1. The fourth-order valence-corrected chi connectivity index (χ4v) is 5.65. The van der Waals surface area contributed by atoms with E-state index in [0.29, 0.717) is 6.07 Å². The topological polar surface area (TPSA) is 93.1 Å². The van der Waals surface area contributed by atoms with Crippen LogP contribution in [0.25, 0.3) is 5.57 Å². The van der Waals surface area contributed by atoms with E-state index in [1.807, 2.05) is 0 Å². The first-order valence-electron chi connectivity index (χ1n) is 10.0. The maximum Gasteiger partial charge on any atom is 0.418 e. The summed E-state index contributed by atoms with van der Waals surface area (Å²) in [5, 5.41) is 10.2. The zero-order valence-corrected chi connectivity index (χ0v) is 19.1. The van der Waals surface area contributed by atoms with Gasteiger partial charge in [0.2, 0.25) is 0 Å². The van der Waals surface area contributed by atoms with Crippen molar-refractivity contribution in [2.75, 3.05) is 18.5 Å². The molecule has 0 saturated carbocycles. The van der Waals surface area contributed by atoms with Gasteiger partial charge in [-0.25, -0.2) is 17.5 Å². The molecule has 0 atom stereocenters. The number of aliphatic carboxylic acids is 1. The lowest BCUT2D eigenvalue weighted by Gasteiger charge is -2.34. The van der Waals surface area contributed by atoms with Gasteiger partial charge in [0, 0.05) is 17.2 Å². The van der Waals surface area contributed by atoms with Crippen molar-refractivity contribution in [2.24, 2.45) is 0 Å². The quantitative estimate of drug-likeness (QED) is 0.537. The number of halogens is 3. The molecule has 3 aromatic rings. The van der Waals surface area contributed by atoms with Gasteiger partial charge in [0.15, 0.2) is 5.70 Å². The van der Waals surface area contributed by atoms with E-state index in [9.17, 15) is 31.5 Å². The number of anilines is 1. The average molecular weight is 505 g/mol. The molecule has 35 heavy (non-hydrogen) atoms. The maximum absolute atomic E-state index is 13.9. The molecule has 0 aliphatic carbocycles. The number of benzene rings is 3. The predicted molar refractivity (Wildman–Crippen MR) is 121 cm³/mol. The number of para-hydroxylation sites is 1. The van der Waals surface area contributed by atoms with Crippen LogP contribution in [0.1, 0.15) is 16.7 Å². The molecule has 0 saturated heterocycles. The van der Waals surface area contributed by atoms with Crippen molar-refractivity contribution in [3.63, 3.8) is 0 Å². The van der Waals surface area contributed by atoms with Gasteiger partial charge in [0.05, 0.1) is 30.4 Å². The van der Waals surface area contributed by atoms with Crippen LogP contribution in [0.3, 0.4) is 0 Å². The highest BCUT2D eigenvalue weighted by Crippen LogP contribution is 2.47. The van der Waals surface area contributed by atoms with E-state index in [2.05, 4.69) is 0 Å². The summed E-state index contributed by atoms with van der Waals surface area (Å²) in [5.74, 6) is -1.20. The van der Waals surface area contributed by atoms with Crippen molar-refractivity contribution in [2.45, 2.75) is 11.1 Å². The highest BCUT2D eigenvalue weighted by Gasteiger charge is 2.45. The van der Waals surface area contributed by atoms with Crippen molar-refractivity contribution in [3.8, 4) is 11.5 Å². The molecule has 0 aromatic heterocycles. The van der Waals surface area contributed by atoms with Gasteiger partial charge in [-0.05, 0) is 35.9 Å². The Bertz CT molecular complexity index is 1440. The van der Waals surface area contributed by atoms with Gasteiger partial charge in [-0.2, -0.15) is 13.2 Å². The summed E-state index contributed by atoms with van der Waals surface area (Å²) in [5.41, 5.74) is -2.92. The van der Waals surface area contributed by atoms with E-state index >= 15 is 0 Å². The predicted octanol–water partition coefficient (Wildman–Crippen LogP) is 4.78. The Hall–Kier alpha value is -3.99. The molecule has 0 unspecified atom stereocenters. The summed E-state index contributed by atoms with van der Waals surface area (Å²) in [4.78, 5) is 12.2. The molecule has 0 spiro atoms. The smallest absolute Gasteiger partial charge is 0.418 e.